The fraction of sp³-hybridized carbons (Fsp3) is 0.483. The number of ketones is 1. The molecule has 3 rings (SSSR count). The van der Waals surface area contributed by atoms with Gasteiger partial charge in [-0.25, -0.2) is 0 Å². The smallest absolute Gasteiger partial charge is 0.308 e. The van der Waals surface area contributed by atoms with Crippen molar-refractivity contribution in [3.05, 3.63) is 45.5 Å². The molecule has 0 atom stereocenters. The molecular weight excluding hydrogens is 428 g/mol. The molecule has 0 amide bonds. The number of carbonyl (C=O) groups is 3. The molecule has 1 aliphatic carbocycles. The highest BCUT2D eigenvalue weighted by atomic mass is 16.5. The van der Waals surface area contributed by atoms with Crippen LogP contribution in [0.25, 0.3) is 11.1 Å². The lowest BCUT2D eigenvalue weighted by Gasteiger charge is -2.19. The molecule has 0 unspecified atom stereocenters. The number of aryl methyl sites for hydroxylation is 3. The van der Waals surface area contributed by atoms with Crippen LogP contribution in [-0.4, -0.2) is 17.7 Å². The first-order valence-corrected chi connectivity index (χ1v) is 12.6. The van der Waals surface area contributed by atoms with Crippen molar-refractivity contribution in [3.63, 3.8) is 0 Å². The zero-order chi connectivity index (χ0) is 25.0. The number of fused-ring (bicyclic) bond motifs is 3. The average Bonchev–Trinajstić information content (AvgIpc) is 3.05. The summed E-state index contributed by atoms with van der Waals surface area (Å²) in [6.45, 7) is 11.1. The average molecular weight is 465 g/mol. The van der Waals surface area contributed by atoms with E-state index in [-0.39, 0.29) is 5.78 Å². The molecule has 0 radical (unpaired) electrons. The molecule has 0 fully saturated rings. The van der Waals surface area contributed by atoms with Gasteiger partial charge in [0.1, 0.15) is 11.5 Å². The van der Waals surface area contributed by atoms with E-state index in [0.717, 1.165) is 78.3 Å². The van der Waals surface area contributed by atoms with Crippen LogP contribution in [0.3, 0.4) is 0 Å². The van der Waals surface area contributed by atoms with E-state index >= 15 is 0 Å². The minimum absolute atomic E-state index is 0.0650. The van der Waals surface area contributed by atoms with Crippen molar-refractivity contribution in [2.75, 3.05) is 0 Å². The SMILES string of the molecule is CCCc1cc2c(c(CCC)c1OC(C)=O)C(=O)c1c(CCC)cc(CCC)c(OC(C)=O)c1-2. The van der Waals surface area contributed by atoms with Gasteiger partial charge in [0.25, 0.3) is 0 Å². The van der Waals surface area contributed by atoms with Crippen LogP contribution >= 0.6 is 0 Å². The van der Waals surface area contributed by atoms with Crippen molar-refractivity contribution in [1.29, 1.82) is 0 Å². The third-order valence-electron chi connectivity index (χ3n) is 6.17. The van der Waals surface area contributed by atoms with Crippen LogP contribution in [0.15, 0.2) is 12.1 Å². The Kier molecular flexibility index (Phi) is 8.29. The normalized spacial score (nSPS) is 11.9. The highest BCUT2D eigenvalue weighted by Crippen LogP contribution is 2.50. The molecular formula is C29H36O5. The molecule has 0 N–H and O–H groups in total. The summed E-state index contributed by atoms with van der Waals surface area (Å²) in [5.74, 6) is 0.167. The number of hydrogen-bond donors (Lipinski definition) is 0. The van der Waals surface area contributed by atoms with Crippen LogP contribution in [-0.2, 0) is 35.3 Å². The first-order valence-electron chi connectivity index (χ1n) is 12.6. The summed E-state index contributed by atoms with van der Waals surface area (Å²) in [5, 5.41) is 0. The van der Waals surface area contributed by atoms with E-state index < -0.39 is 11.9 Å². The van der Waals surface area contributed by atoms with Crippen LogP contribution in [0.2, 0.25) is 0 Å². The van der Waals surface area contributed by atoms with Crippen LogP contribution in [0.1, 0.15) is 105 Å². The highest BCUT2D eigenvalue weighted by Gasteiger charge is 2.38. The van der Waals surface area contributed by atoms with Gasteiger partial charge in [0.2, 0.25) is 0 Å². The van der Waals surface area contributed by atoms with Gasteiger partial charge in [-0.3, -0.25) is 14.4 Å². The molecule has 34 heavy (non-hydrogen) atoms. The van der Waals surface area contributed by atoms with Gasteiger partial charge >= 0.3 is 11.9 Å². The molecule has 0 heterocycles. The third-order valence-corrected chi connectivity index (χ3v) is 6.17. The van der Waals surface area contributed by atoms with Crippen LogP contribution in [0, 0.1) is 0 Å². The quantitative estimate of drug-likeness (QED) is 0.251. The Morgan fingerprint density at radius 2 is 1.15 bits per heavy atom. The van der Waals surface area contributed by atoms with E-state index in [4.69, 9.17) is 9.47 Å². The number of hydrogen-bond acceptors (Lipinski definition) is 5. The molecule has 2 aromatic rings. The number of esters is 2. The molecule has 0 saturated heterocycles. The van der Waals surface area contributed by atoms with Gasteiger partial charge in [-0.1, -0.05) is 59.4 Å². The topological polar surface area (TPSA) is 69.7 Å². The minimum Gasteiger partial charge on any atom is -0.426 e. The Hall–Kier alpha value is -2.95. The van der Waals surface area contributed by atoms with Crippen molar-refractivity contribution >= 4 is 17.7 Å². The van der Waals surface area contributed by atoms with Crippen molar-refractivity contribution < 1.29 is 23.9 Å². The zero-order valence-electron chi connectivity index (χ0n) is 21.4. The first kappa shape index (κ1) is 25.7. The van der Waals surface area contributed by atoms with E-state index in [1.54, 1.807) is 0 Å². The number of carbonyl (C=O) groups excluding carboxylic acids is 3. The standard InChI is InChI=1S/C29H36O5/c1-7-11-19-15-20(12-8-2)29(34-18(6)31)26-23-16-21(13-9-3)28(33-17(5)30)22(14-10-4)25(23)27(32)24(19)26/h15-16H,7-14H2,1-6H3. The molecule has 0 aliphatic heterocycles. The summed E-state index contributed by atoms with van der Waals surface area (Å²) < 4.78 is 11.5. The largest absolute Gasteiger partial charge is 0.426 e. The lowest BCUT2D eigenvalue weighted by atomic mass is 9.90. The predicted octanol–water partition coefficient (Wildman–Crippen LogP) is 6.56. The van der Waals surface area contributed by atoms with E-state index in [2.05, 4.69) is 27.7 Å². The van der Waals surface area contributed by atoms with Crippen LogP contribution in [0.4, 0.5) is 0 Å². The Bertz CT molecular complexity index is 1130. The Balaban J connectivity index is 2.46. The highest BCUT2D eigenvalue weighted by molar-refractivity contribution is 6.25. The Labute approximate surface area is 202 Å². The van der Waals surface area contributed by atoms with E-state index in [0.29, 0.717) is 29.0 Å². The third kappa shape index (κ3) is 4.79. The van der Waals surface area contributed by atoms with Gasteiger partial charge in [-0.05, 0) is 54.0 Å². The second-order valence-corrected chi connectivity index (χ2v) is 9.06. The van der Waals surface area contributed by atoms with E-state index in [9.17, 15) is 14.4 Å². The molecule has 1 aliphatic rings. The summed E-state index contributed by atoms with van der Waals surface area (Å²) in [6.07, 6.45) is 6.33. The first-order chi connectivity index (χ1) is 16.3. The van der Waals surface area contributed by atoms with Gasteiger partial charge in [0, 0.05) is 36.1 Å². The van der Waals surface area contributed by atoms with Gasteiger partial charge in [-0.2, -0.15) is 0 Å². The zero-order valence-corrected chi connectivity index (χ0v) is 21.4. The maximum absolute atomic E-state index is 14.0. The maximum Gasteiger partial charge on any atom is 0.308 e. The predicted molar refractivity (Wildman–Crippen MR) is 134 cm³/mol. The number of benzene rings is 2. The van der Waals surface area contributed by atoms with E-state index in [1.807, 2.05) is 12.1 Å². The minimum atomic E-state index is -0.400. The molecule has 0 bridgehead atoms. The van der Waals surface area contributed by atoms with Gasteiger partial charge in [0.15, 0.2) is 5.78 Å². The summed E-state index contributed by atoms with van der Waals surface area (Å²) >= 11 is 0. The molecule has 0 spiro atoms. The van der Waals surface area contributed by atoms with Gasteiger partial charge in [0.05, 0.1) is 0 Å². The second kappa shape index (κ2) is 11.0. The molecule has 0 saturated carbocycles. The lowest BCUT2D eigenvalue weighted by molar-refractivity contribution is -0.132. The number of rotatable bonds is 10. The number of ether oxygens (including phenoxy) is 2. The molecule has 182 valence electrons. The Morgan fingerprint density at radius 3 is 1.68 bits per heavy atom. The van der Waals surface area contributed by atoms with Gasteiger partial charge in [-0.15, -0.1) is 0 Å². The Morgan fingerprint density at radius 1 is 0.647 bits per heavy atom. The summed E-state index contributed by atoms with van der Waals surface area (Å²) in [4.78, 5) is 38.1. The fourth-order valence-electron chi connectivity index (χ4n) is 5.06. The lowest BCUT2D eigenvalue weighted by Crippen LogP contribution is -2.11. The summed E-state index contributed by atoms with van der Waals surface area (Å²) in [7, 11) is 0. The van der Waals surface area contributed by atoms with Crippen molar-refractivity contribution in [2.45, 2.75) is 92.9 Å². The van der Waals surface area contributed by atoms with Crippen molar-refractivity contribution in [3.8, 4) is 22.6 Å². The fourth-order valence-corrected chi connectivity index (χ4v) is 5.06. The van der Waals surface area contributed by atoms with Crippen LogP contribution < -0.4 is 9.47 Å². The second-order valence-electron chi connectivity index (χ2n) is 9.06. The molecule has 2 aromatic carbocycles. The summed E-state index contributed by atoms with van der Waals surface area (Å²) in [5.41, 5.74) is 6.40. The monoisotopic (exact) mass is 464 g/mol. The van der Waals surface area contributed by atoms with Crippen molar-refractivity contribution in [1.82, 2.24) is 0 Å². The van der Waals surface area contributed by atoms with E-state index in [1.165, 1.54) is 13.8 Å². The molecule has 5 heteroatoms. The van der Waals surface area contributed by atoms with Crippen molar-refractivity contribution in [2.24, 2.45) is 0 Å². The molecule has 5 nitrogen and oxygen atoms in total. The maximum atomic E-state index is 14.0. The van der Waals surface area contributed by atoms with Gasteiger partial charge < -0.3 is 9.47 Å². The summed E-state index contributed by atoms with van der Waals surface area (Å²) in [6, 6.07) is 4.03. The van der Waals surface area contributed by atoms with Crippen LogP contribution in [0.5, 0.6) is 11.5 Å². The molecule has 0 aromatic heterocycles.